The van der Waals surface area contributed by atoms with Gasteiger partial charge >= 0.3 is 12.1 Å². The number of benzene rings is 1. The Bertz CT molecular complexity index is 554. The fourth-order valence-electron chi connectivity index (χ4n) is 2.63. The summed E-state index contributed by atoms with van der Waals surface area (Å²) in [6, 6.07) is 4.47. The van der Waals surface area contributed by atoms with Crippen LogP contribution in [0.15, 0.2) is 24.3 Å². The molecule has 22 heavy (non-hydrogen) atoms. The number of carbonyl (C=O) groups is 2. The lowest BCUT2D eigenvalue weighted by Crippen LogP contribution is -2.46. The topological polar surface area (TPSA) is 57.6 Å². The molecule has 2 rings (SSSR count). The number of nitrogens with zero attached hydrogens (tertiary/aromatic N) is 1. The van der Waals surface area contributed by atoms with E-state index in [1.165, 1.54) is 12.1 Å². The molecule has 0 radical (unpaired) electrons. The maximum atomic E-state index is 12.5. The summed E-state index contributed by atoms with van der Waals surface area (Å²) in [5.74, 6) is -0.926. The van der Waals surface area contributed by atoms with Crippen LogP contribution < -0.4 is 0 Å². The van der Waals surface area contributed by atoms with Crippen molar-refractivity contribution in [2.45, 2.75) is 31.5 Å². The molecule has 7 heteroatoms. The van der Waals surface area contributed by atoms with Gasteiger partial charge in [0.2, 0.25) is 0 Å². The molecule has 1 aliphatic heterocycles. The molecule has 1 fully saturated rings. The van der Waals surface area contributed by atoms with E-state index in [0.717, 1.165) is 12.1 Å². The fourth-order valence-corrected chi connectivity index (χ4v) is 2.63. The second-order valence-electron chi connectivity index (χ2n) is 5.41. The maximum absolute atomic E-state index is 12.5. The van der Waals surface area contributed by atoms with Crippen LogP contribution >= 0.6 is 0 Å². The van der Waals surface area contributed by atoms with E-state index in [-0.39, 0.29) is 24.8 Å². The monoisotopic (exact) mass is 315 g/mol. The van der Waals surface area contributed by atoms with Gasteiger partial charge in [-0.2, -0.15) is 13.2 Å². The quantitative estimate of drug-likeness (QED) is 0.927. The zero-order valence-corrected chi connectivity index (χ0v) is 11.8. The van der Waals surface area contributed by atoms with E-state index in [1.54, 1.807) is 4.90 Å². The van der Waals surface area contributed by atoms with Crippen molar-refractivity contribution in [2.24, 2.45) is 0 Å². The van der Waals surface area contributed by atoms with Crippen LogP contribution in [-0.4, -0.2) is 40.9 Å². The molecule has 1 aromatic carbocycles. The Balaban J connectivity index is 2.09. The summed E-state index contributed by atoms with van der Waals surface area (Å²) in [7, 11) is 0. The summed E-state index contributed by atoms with van der Waals surface area (Å²) in [5, 5.41) is 8.89. The van der Waals surface area contributed by atoms with E-state index >= 15 is 0 Å². The lowest BCUT2D eigenvalue weighted by molar-refractivity contribution is -0.141. The van der Waals surface area contributed by atoms with E-state index in [1.807, 2.05) is 0 Å². The standard InChI is InChI=1S/C15H16F3NO3/c16-15(17,18)11-3-1-10(2-4-11)7-12-8-13(20)5-6-19(12)9-14(21)22/h1-4,12H,5-9H2,(H,21,22). The minimum atomic E-state index is -4.38. The van der Waals surface area contributed by atoms with Crippen LogP contribution in [0.1, 0.15) is 24.0 Å². The SMILES string of the molecule is O=C(O)CN1CCC(=O)CC1Cc1ccc(C(F)(F)F)cc1. The molecule has 1 aromatic rings. The van der Waals surface area contributed by atoms with Gasteiger partial charge in [-0.1, -0.05) is 12.1 Å². The van der Waals surface area contributed by atoms with Crippen LogP contribution in [0.5, 0.6) is 0 Å². The Morgan fingerprint density at radius 3 is 2.45 bits per heavy atom. The lowest BCUT2D eigenvalue weighted by Gasteiger charge is -2.33. The zero-order chi connectivity index (χ0) is 16.3. The molecule has 0 saturated carbocycles. The van der Waals surface area contributed by atoms with Gasteiger partial charge in [-0.05, 0) is 24.1 Å². The van der Waals surface area contributed by atoms with Gasteiger partial charge in [0.1, 0.15) is 5.78 Å². The average Bonchev–Trinajstić information content (AvgIpc) is 2.41. The molecule has 1 aliphatic rings. The largest absolute Gasteiger partial charge is 0.480 e. The number of aliphatic carboxylic acids is 1. The Morgan fingerprint density at radius 2 is 1.91 bits per heavy atom. The minimum Gasteiger partial charge on any atom is -0.480 e. The molecule has 1 atom stereocenters. The van der Waals surface area contributed by atoms with Gasteiger partial charge < -0.3 is 5.11 Å². The summed E-state index contributed by atoms with van der Waals surface area (Å²) in [5.41, 5.74) is -0.0681. The predicted octanol–water partition coefficient (Wildman–Crippen LogP) is 2.37. The number of carboxylic acid groups (broad SMARTS) is 1. The summed E-state index contributed by atoms with van der Waals surface area (Å²) in [6.07, 6.45) is -3.48. The summed E-state index contributed by atoms with van der Waals surface area (Å²) in [6.45, 7) is 0.203. The van der Waals surface area contributed by atoms with Crippen molar-refractivity contribution in [3.8, 4) is 0 Å². The van der Waals surface area contributed by atoms with E-state index in [9.17, 15) is 22.8 Å². The number of hydrogen-bond donors (Lipinski definition) is 1. The number of hydrogen-bond acceptors (Lipinski definition) is 3. The number of ketones is 1. The van der Waals surface area contributed by atoms with Crippen molar-refractivity contribution < 1.29 is 27.9 Å². The van der Waals surface area contributed by atoms with Crippen LogP contribution in [-0.2, 0) is 22.2 Å². The molecule has 0 bridgehead atoms. The molecule has 120 valence electrons. The van der Waals surface area contributed by atoms with Crippen LogP contribution in [0.3, 0.4) is 0 Å². The van der Waals surface area contributed by atoms with Crippen molar-refractivity contribution in [3.05, 3.63) is 35.4 Å². The first kappa shape index (κ1) is 16.5. The first-order valence-corrected chi connectivity index (χ1v) is 6.89. The first-order chi connectivity index (χ1) is 10.3. The number of carbonyl (C=O) groups excluding carboxylic acids is 1. The van der Waals surface area contributed by atoms with Gasteiger partial charge in [-0.3, -0.25) is 14.5 Å². The Labute approximate surface area is 125 Å². The van der Waals surface area contributed by atoms with E-state index in [4.69, 9.17) is 5.11 Å². The molecule has 1 unspecified atom stereocenters. The number of likely N-dealkylation sites (tertiary alicyclic amines) is 1. The molecular weight excluding hydrogens is 299 g/mol. The number of carboxylic acids is 1. The van der Waals surface area contributed by atoms with Gasteiger partial charge in [0, 0.05) is 25.4 Å². The van der Waals surface area contributed by atoms with E-state index in [2.05, 4.69) is 0 Å². The number of alkyl halides is 3. The molecule has 0 spiro atoms. The summed E-state index contributed by atoms with van der Waals surface area (Å²) >= 11 is 0. The highest BCUT2D eigenvalue weighted by Crippen LogP contribution is 2.29. The third-order valence-electron chi connectivity index (χ3n) is 3.75. The smallest absolute Gasteiger partial charge is 0.416 e. The van der Waals surface area contributed by atoms with Crippen molar-refractivity contribution in [1.29, 1.82) is 0 Å². The van der Waals surface area contributed by atoms with Gasteiger partial charge in [0.05, 0.1) is 12.1 Å². The second-order valence-corrected chi connectivity index (χ2v) is 5.41. The Kier molecular flexibility index (Phi) is 4.85. The number of halogens is 3. The van der Waals surface area contributed by atoms with Crippen LogP contribution in [0.4, 0.5) is 13.2 Å². The van der Waals surface area contributed by atoms with E-state index in [0.29, 0.717) is 24.9 Å². The molecule has 1 N–H and O–H groups in total. The lowest BCUT2D eigenvalue weighted by atomic mass is 9.94. The third kappa shape index (κ3) is 4.30. The van der Waals surface area contributed by atoms with Gasteiger partial charge in [-0.25, -0.2) is 0 Å². The third-order valence-corrected chi connectivity index (χ3v) is 3.75. The second kappa shape index (κ2) is 6.48. The summed E-state index contributed by atoms with van der Waals surface area (Å²) < 4.78 is 37.6. The number of piperidine rings is 1. The minimum absolute atomic E-state index is 0.0542. The van der Waals surface area contributed by atoms with Crippen LogP contribution in [0, 0.1) is 0 Å². The molecule has 4 nitrogen and oxygen atoms in total. The average molecular weight is 315 g/mol. The summed E-state index contributed by atoms with van der Waals surface area (Å²) in [4.78, 5) is 24.1. The highest BCUT2D eigenvalue weighted by molar-refractivity contribution is 5.80. The molecule has 1 saturated heterocycles. The Hall–Kier alpha value is -1.89. The molecule has 0 amide bonds. The normalized spacial score (nSPS) is 20.1. The fraction of sp³-hybridized carbons (Fsp3) is 0.467. The molecule has 0 aromatic heterocycles. The molecular formula is C15H16F3NO3. The van der Waals surface area contributed by atoms with Gasteiger partial charge in [0.25, 0.3) is 0 Å². The predicted molar refractivity (Wildman–Crippen MR) is 72.4 cm³/mol. The highest BCUT2D eigenvalue weighted by Gasteiger charge is 2.31. The zero-order valence-electron chi connectivity index (χ0n) is 11.8. The molecule has 0 aliphatic carbocycles. The highest BCUT2D eigenvalue weighted by atomic mass is 19.4. The van der Waals surface area contributed by atoms with Gasteiger partial charge in [-0.15, -0.1) is 0 Å². The van der Waals surface area contributed by atoms with Crippen molar-refractivity contribution in [1.82, 2.24) is 4.90 Å². The van der Waals surface area contributed by atoms with E-state index < -0.39 is 17.7 Å². The van der Waals surface area contributed by atoms with Crippen molar-refractivity contribution in [3.63, 3.8) is 0 Å². The number of Topliss-reactive ketones (excluding diaryl/α,β-unsaturated/α-hetero) is 1. The van der Waals surface area contributed by atoms with Crippen LogP contribution in [0.25, 0.3) is 0 Å². The van der Waals surface area contributed by atoms with Crippen LogP contribution in [0.2, 0.25) is 0 Å². The number of rotatable bonds is 4. The van der Waals surface area contributed by atoms with Crippen molar-refractivity contribution >= 4 is 11.8 Å². The Morgan fingerprint density at radius 1 is 1.27 bits per heavy atom. The van der Waals surface area contributed by atoms with Crippen molar-refractivity contribution in [2.75, 3.05) is 13.1 Å². The first-order valence-electron chi connectivity index (χ1n) is 6.89. The van der Waals surface area contributed by atoms with Gasteiger partial charge in [0.15, 0.2) is 0 Å². The molecule has 1 heterocycles. The maximum Gasteiger partial charge on any atom is 0.416 e.